The zero-order valence-electron chi connectivity index (χ0n) is 23.9. The van der Waals surface area contributed by atoms with Gasteiger partial charge in [-0.05, 0) is 60.7 Å². The van der Waals surface area contributed by atoms with E-state index < -0.39 is 6.04 Å². The van der Waals surface area contributed by atoms with E-state index in [1.807, 2.05) is 75.4 Å². The molecule has 1 aliphatic rings. The van der Waals surface area contributed by atoms with Crippen LogP contribution in [0.5, 0.6) is 5.75 Å². The Bertz CT molecular complexity index is 1790. The number of methoxy groups -OCH3 is 1. The predicted octanol–water partition coefficient (Wildman–Crippen LogP) is 5.39. The van der Waals surface area contributed by atoms with E-state index in [4.69, 9.17) is 9.73 Å². The summed E-state index contributed by atoms with van der Waals surface area (Å²) in [6.45, 7) is 11.2. The monoisotopic (exact) mass is 553 g/mol. The lowest BCUT2D eigenvalue weighted by Gasteiger charge is -2.30. The second kappa shape index (κ2) is 11.3. The number of benzene rings is 3. The van der Waals surface area contributed by atoms with Crippen molar-refractivity contribution in [3.8, 4) is 5.75 Å². The van der Waals surface area contributed by atoms with E-state index in [1.165, 1.54) is 16.9 Å². The number of rotatable bonds is 7. The van der Waals surface area contributed by atoms with Gasteiger partial charge < -0.3 is 9.64 Å². The van der Waals surface area contributed by atoms with Gasteiger partial charge in [-0.2, -0.15) is 0 Å². The molecule has 3 aromatic carbocycles. The van der Waals surface area contributed by atoms with Crippen LogP contribution in [0, 0.1) is 0 Å². The molecule has 1 aromatic heterocycles. The molecule has 0 radical (unpaired) electrons. The maximum absolute atomic E-state index is 14.2. The van der Waals surface area contributed by atoms with Crippen molar-refractivity contribution in [2.24, 2.45) is 4.99 Å². The Morgan fingerprint density at radius 2 is 1.77 bits per heavy atom. The Hall–Kier alpha value is -3.97. The first-order chi connectivity index (χ1) is 19.3. The van der Waals surface area contributed by atoms with Crippen molar-refractivity contribution in [1.82, 2.24) is 9.47 Å². The molecule has 0 bridgehead atoms. The highest BCUT2D eigenvalue weighted by atomic mass is 32.1. The molecule has 0 saturated carbocycles. The summed E-state index contributed by atoms with van der Waals surface area (Å²) in [5.74, 6) is 0.937. The third-order valence-corrected chi connectivity index (χ3v) is 8.61. The molecule has 206 valence electrons. The molecule has 0 fully saturated rings. The van der Waals surface area contributed by atoms with Gasteiger partial charge >= 0.3 is 0 Å². The van der Waals surface area contributed by atoms with Gasteiger partial charge in [0.25, 0.3) is 11.5 Å². The molecule has 6 nitrogen and oxygen atoms in total. The fraction of sp³-hybridized carbons (Fsp3) is 0.303. The standard InChI is InChI=1S/C33H35N3O3S/c1-7-35(8-2)32(38)28-21(5)34-33-36(30(28)29-25-12-10-9-11-24(25)17-18-26(29)39-6)31(37)27(40-33)19-22-13-15-23(16-14-22)20(3)4/h9-20,30H,7-8H2,1-6H3/b27-19+/t30-/m1/s1. The largest absolute Gasteiger partial charge is 0.496 e. The summed E-state index contributed by atoms with van der Waals surface area (Å²) < 4.78 is 8.13. The third-order valence-electron chi connectivity index (χ3n) is 7.63. The van der Waals surface area contributed by atoms with E-state index in [9.17, 15) is 9.59 Å². The Kier molecular flexibility index (Phi) is 7.76. The van der Waals surface area contributed by atoms with Gasteiger partial charge in [0.05, 0.1) is 22.9 Å². The fourth-order valence-electron chi connectivity index (χ4n) is 5.41. The first-order valence-corrected chi connectivity index (χ1v) is 14.6. The molecule has 0 saturated heterocycles. The van der Waals surface area contributed by atoms with E-state index in [0.29, 0.717) is 45.4 Å². The van der Waals surface area contributed by atoms with Gasteiger partial charge in [-0.3, -0.25) is 14.2 Å². The SMILES string of the molecule is CCN(CC)C(=O)C1=C(C)N=c2s/c(=C/c3ccc(C(C)C)cc3)c(=O)n2[C@H]1c1c(OC)ccc2ccccc12. The minimum atomic E-state index is -0.684. The van der Waals surface area contributed by atoms with Gasteiger partial charge in [0.15, 0.2) is 4.80 Å². The van der Waals surface area contributed by atoms with Crippen LogP contribution in [0.1, 0.15) is 63.3 Å². The number of amides is 1. The maximum Gasteiger partial charge on any atom is 0.271 e. The Labute approximate surface area is 238 Å². The van der Waals surface area contributed by atoms with Crippen molar-refractivity contribution in [2.45, 2.75) is 46.6 Å². The summed E-state index contributed by atoms with van der Waals surface area (Å²) in [5, 5.41) is 1.94. The smallest absolute Gasteiger partial charge is 0.271 e. The molecule has 1 amide bonds. The number of aromatic nitrogens is 1. The summed E-state index contributed by atoms with van der Waals surface area (Å²) in [6.07, 6.45) is 1.91. The van der Waals surface area contributed by atoms with Gasteiger partial charge in [-0.25, -0.2) is 4.99 Å². The summed E-state index contributed by atoms with van der Waals surface area (Å²) in [6, 6.07) is 19.5. The number of likely N-dealkylation sites (N-methyl/N-ethyl adjacent to an activating group) is 1. The van der Waals surface area contributed by atoms with Crippen molar-refractivity contribution in [3.05, 3.63) is 108 Å². The van der Waals surface area contributed by atoms with Crippen molar-refractivity contribution in [1.29, 1.82) is 0 Å². The highest BCUT2D eigenvalue weighted by Crippen LogP contribution is 2.40. The number of carbonyl (C=O) groups is 1. The van der Waals surface area contributed by atoms with Gasteiger partial charge in [0.1, 0.15) is 11.8 Å². The average molecular weight is 554 g/mol. The van der Waals surface area contributed by atoms with Crippen molar-refractivity contribution in [3.63, 3.8) is 0 Å². The van der Waals surface area contributed by atoms with Crippen LogP contribution in [0.15, 0.2) is 81.7 Å². The molecule has 0 spiro atoms. The lowest BCUT2D eigenvalue weighted by Crippen LogP contribution is -2.43. The lowest BCUT2D eigenvalue weighted by atomic mass is 9.90. The first kappa shape index (κ1) is 27.6. The zero-order valence-corrected chi connectivity index (χ0v) is 24.7. The molecule has 0 aliphatic carbocycles. The topological polar surface area (TPSA) is 63.9 Å². The molecule has 0 N–H and O–H groups in total. The fourth-order valence-corrected chi connectivity index (χ4v) is 6.46. The lowest BCUT2D eigenvalue weighted by molar-refractivity contribution is -0.127. The van der Waals surface area contributed by atoms with Crippen LogP contribution in [0.2, 0.25) is 0 Å². The normalized spacial score (nSPS) is 15.4. The molecule has 40 heavy (non-hydrogen) atoms. The molecule has 4 aromatic rings. The first-order valence-electron chi connectivity index (χ1n) is 13.8. The number of nitrogens with zero attached hydrogens (tertiary/aromatic N) is 3. The molecular formula is C33H35N3O3S. The Morgan fingerprint density at radius 3 is 2.42 bits per heavy atom. The highest BCUT2D eigenvalue weighted by Gasteiger charge is 2.36. The Balaban J connectivity index is 1.81. The third kappa shape index (κ3) is 4.79. The van der Waals surface area contributed by atoms with Gasteiger partial charge in [-0.15, -0.1) is 0 Å². The Morgan fingerprint density at radius 1 is 1.07 bits per heavy atom. The minimum absolute atomic E-state index is 0.121. The summed E-state index contributed by atoms with van der Waals surface area (Å²) in [4.78, 5) is 35.4. The molecule has 1 aliphatic heterocycles. The quantitative estimate of drug-likeness (QED) is 0.308. The maximum atomic E-state index is 14.2. The summed E-state index contributed by atoms with van der Waals surface area (Å²) in [5.41, 5.74) is 3.93. The van der Waals surface area contributed by atoms with E-state index in [2.05, 4.69) is 26.0 Å². The number of thiazole rings is 1. The molecular weight excluding hydrogens is 518 g/mol. The van der Waals surface area contributed by atoms with Crippen LogP contribution < -0.4 is 19.6 Å². The molecule has 7 heteroatoms. The van der Waals surface area contributed by atoms with E-state index in [1.54, 1.807) is 16.6 Å². The molecule has 1 atom stereocenters. The zero-order chi connectivity index (χ0) is 28.6. The molecule has 2 heterocycles. The summed E-state index contributed by atoms with van der Waals surface area (Å²) >= 11 is 1.35. The van der Waals surface area contributed by atoms with Gasteiger partial charge in [0.2, 0.25) is 0 Å². The van der Waals surface area contributed by atoms with Crippen LogP contribution in [-0.2, 0) is 4.79 Å². The number of hydrogen-bond donors (Lipinski definition) is 0. The van der Waals surface area contributed by atoms with Gasteiger partial charge in [-0.1, -0.05) is 79.8 Å². The predicted molar refractivity (Wildman–Crippen MR) is 163 cm³/mol. The van der Waals surface area contributed by atoms with E-state index >= 15 is 0 Å². The second-order valence-electron chi connectivity index (χ2n) is 10.3. The number of allylic oxidation sites excluding steroid dienone is 1. The number of hydrogen-bond acceptors (Lipinski definition) is 5. The molecule has 5 rings (SSSR count). The summed E-state index contributed by atoms with van der Waals surface area (Å²) in [7, 11) is 1.63. The van der Waals surface area contributed by atoms with Crippen LogP contribution >= 0.6 is 11.3 Å². The van der Waals surface area contributed by atoms with Crippen LogP contribution in [0.4, 0.5) is 0 Å². The minimum Gasteiger partial charge on any atom is -0.496 e. The average Bonchev–Trinajstić information content (AvgIpc) is 3.26. The second-order valence-corrected chi connectivity index (χ2v) is 11.3. The van der Waals surface area contributed by atoms with Crippen LogP contribution in [0.3, 0.4) is 0 Å². The van der Waals surface area contributed by atoms with Crippen molar-refractivity contribution < 1.29 is 9.53 Å². The van der Waals surface area contributed by atoms with Gasteiger partial charge in [0, 0.05) is 18.7 Å². The van der Waals surface area contributed by atoms with Crippen molar-refractivity contribution in [2.75, 3.05) is 20.2 Å². The van der Waals surface area contributed by atoms with Crippen LogP contribution in [-0.4, -0.2) is 35.6 Å². The highest BCUT2D eigenvalue weighted by molar-refractivity contribution is 7.07. The van der Waals surface area contributed by atoms with E-state index in [0.717, 1.165) is 21.9 Å². The number of carbonyl (C=O) groups excluding carboxylic acids is 1. The number of fused-ring (bicyclic) bond motifs is 2. The molecule has 0 unspecified atom stereocenters. The van der Waals surface area contributed by atoms with Crippen LogP contribution in [0.25, 0.3) is 16.8 Å². The van der Waals surface area contributed by atoms with Crippen molar-refractivity contribution >= 4 is 34.1 Å². The number of ether oxygens (including phenoxy) is 1. The van der Waals surface area contributed by atoms with E-state index in [-0.39, 0.29) is 11.5 Å².